The molecule has 1 aromatic heterocycles. The van der Waals surface area contributed by atoms with E-state index in [1.54, 1.807) is 18.1 Å². The summed E-state index contributed by atoms with van der Waals surface area (Å²) in [7, 11) is -0.862. The van der Waals surface area contributed by atoms with Crippen LogP contribution in [0.4, 0.5) is 11.4 Å². The molecule has 0 aliphatic carbocycles. The average molecular weight is 743 g/mol. The van der Waals surface area contributed by atoms with Crippen LogP contribution in [0.5, 0.6) is 5.75 Å². The van der Waals surface area contributed by atoms with Gasteiger partial charge < -0.3 is 35.1 Å². The van der Waals surface area contributed by atoms with Crippen molar-refractivity contribution in [2.24, 2.45) is 5.92 Å². The Balaban J connectivity index is 1.13. The normalized spacial score (nSPS) is 23.3. The second-order valence-electron chi connectivity index (χ2n) is 15.5. The lowest BCUT2D eigenvalue weighted by molar-refractivity contribution is -0.149. The van der Waals surface area contributed by atoms with Crippen LogP contribution in [0.3, 0.4) is 0 Å². The molecule has 5 atom stereocenters. The molecule has 8 rings (SSSR count). The van der Waals surface area contributed by atoms with Crippen molar-refractivity contribution < 1.29 is 29.0 Å². The fourth-order valence-corrected chi connectivity index (χ4v) is 13.4. The number of fused-ring (bicyclic) bond motifs is 4. The molecule has 0 saturated carbocycles. The molecule has 1 saturated heterocycles. The number of carbonyl (C=O) groups excluding carboxylic acids is 3. The van der Waals surface area contributed by atoms with E-state index in [-0.39, 0.29) is 54.7 Å². The van der Waals surface area contributed by atoms with Gasteiger partial charge in [0.1, 0.15) is 5.75 Å². The predicted molar refractivity (Wildman–Crippen MR) is 211 cm³/mol. The molecular formula is C43H46N4O6Si. The smallest absolute Gasteiger partial charge is 0.261 e. The molecule has 4 aromatic carbocycles. The largest absolute Gasteiger partial charge is 0.497 e. The number of aliphatic hydroxyl groups is 1. The van der Waals surface area contributed by atoms with E-state index in [0.717, 1.165) is 38.5 Å². The number of benzene rings is 4. The Hall–Kier alpha value is -5.23. The Bertz CT molecular complexity index is 2250. The average Bonchev–Trinajstić information content (AvgIpc) is 3.81. The van der Waals surface area contributed by atoms with E-state index >= 15 is 0 Å². The van der Waals surface area contributed by atoms with Crippen molar-refractivity contribution >= 4 is 53.3 Å². The third-order valence-electron chi connectivity index (χ3n) is 12.2. The number of ether oxygens (including phenoxy) is 2. The van der Waals surface area contributed by atoms with Crippen LogP contribution >= 0.6 is 0 Å². The lowest BCUT2D eigenvalue weighted by Crippen LogP contribution is -2.52. The van der Waals surface area contributed by atoms with Gasteiger partial charge in [0.15, 0.2) is 5.60 Å². The van der Waals surface area contributed by atoms with Crippen LogP contribution in [0.25, 0.3) is 10.9 Å². The lowest BCUT2D eigenvalue weighted by atomic mass is 9.82. The van der Waals surface area contributed by atoms with E-state index in [2.05, 4.69) is 53.8 Å². The maximum atomic E-state index is 14.4. The zero-order chi connectivity index (χ0) is 37.8. The van der Waals surface area contributed by atoms with Crippen LogP contribution in [0.2, 0.25) is 18.6 Å². The van der Waals surface area contributed by atoms with E-state index in [1.165, 1.54) is 0 Å². The summed E-state index contributed by atoms with van der Waals surface area (Å²) in [4.78, 5) is 47.2. The number of para-hydroxylation sites is 1. The van der Waals surface area contributed by atoms with Gasteiger partial charge >= 0.3 is 0 Å². The number of aromatic nitrogens is 1. The van der Waals surface area contributed by atoms with Crippen molar-refractivity contribution in [1.29, 1.82) is 0 Å². The zero-order valence-electron chi connectivity index (χ0n) is 31.0. The summed E-state index contributed by atoms with van der Waals surface area (Å²) in [5.41, 5.74) is 4.38. The predicted octanol–water partition coefficient (Wildman–Crippen LogP) is 5.86. The van der Waals surface area contributed by atoms with Gasteiger partial charge in [0, 0.05) is 46.5 Å². The molecule has 0 bridgehead atoms. The van der Waals surface area contributed by atoms with Crippen molar-refractivity contribution in [3.05, 3.63) is 119 Å². The maximum Gasteiger partial charge on any atom is 0.261 e. The molecule has 3 aliphatic rings. The van der Waals surface area contributed by atoms with Gasteiger partial charge in [-0.3, -0.25) is 14.4 Å². The summed E-state index contributed by atoms with van der Waals surface area (Å²) in [5.74, 6) is -0.132. The highest BCUT2D eigenvalue weighted by molar-refractivity contribution is 6.91. The number of methoxy groups -OCH3 is 1. The van der Waals surface area contributed by atoms with Crippen LogP contribution in [-0.4, -0.2) is 66.6 Å². The van der Waals surface area contributed by atoms with Gasteiger partial charge in [-0.05, 0) is 65.1 Å². The molecule has 1 fully saturated rings. The maximum absolute atomic E-state index is 14.4. The minimum atomic E-state index is -2.50. The standard InChI is InChI=1S/C43H46N4O6Si/c1-26-41(54(3,4)33-16-14-32(52-2)15-17-33)38(22-40(50)47-24-28-10-6-5-9-27(28)19-31(47)25-48)53-43(26)35-21-30(13-18-37(35)46-42(43)51)45-39(49)20-29-23-44-36-12-8-7-11-34(29)36/h5-18,21,23,26,31,38,41,44,48H,19-20,22,24-25H2,1-4H3,(H,45,49)(H,46,51)/t26-,31+,38+,41-,43+/m1/s1. The van der Waals surface area contributed by atoms with Gasteiger partial charge in [0.05, 0.1) is 46.8 Å². The summed E-state index contributed by atoms with van der Waals surface area (Å²) in [6.07, 6.45) is 2.08. The minimum absolute atomic E-state index is 0.0612. The molecule has 54 heavy (non-hydrogen) atoms. The molecule has 278 valence electrons. The highest BCUT2D eigenvalue weighted by Crippen LogP contribution is 2.59. The molecule has 0 radical (unpaired) electrons. The highest BCUT2D eigenvalue weighted by Gasteiger charge is 2.65. The van der Waals surface area contributed by atoms with Crippen molar-refractivity contribution in [3.63, 3.8) is 0 Å². The third-order valence-corrected chi connectivity index (χ3v) is 16.5. The van der Waals surface area contributed by atoms with Crippen LogP contribution in [0, 0.1) is 5.92 Å². The molecule has 3 amide bonds. The van der Waals surface area contributed by atoms with Crippen LogP contribution in [0.15, 0.2) is 97.2 Å². The van der Waals surface area contributed by atoms with Gasteiger partial charge in [-0.15, -0.1) is 0 Å². The number of hydrogen-bond acceptors (Lipinski definition) is 6. The van der Waals surface area contributed by atoms with Gasteiger partial charge in [-0.25, -0.2) is 0 Å². The summed E-state index contributed by atoms with van der Waals surface area (Å²) < 4.78 is 12.6. The fraction of sp³-hybridized carbons (Fsp3) is 0.326. The van der Waals surface area contributed by atoms with Gasteiger partial charge in [0.2, 0.25) is 11.8 Å². The Kier molecular flexibility index (Phi) is 9.19. The number of aliphatic hydroxyl groups excluding tert-OH is 1. The van der Waals surface area contributed by atoms with Gasteiger partial charge in [-0.2, -0.15) is 0 Å². The first-order valence-electron chi connectivity index (χ1n) is 18.6. The number of nitrogens with zero attached hydrogens (tertiary/aromatic N) is 1. The minimum Gasteiger partial charge on any atom is -0.497 e. The first-order valence-corrected chi connectivity index (χ1v) is 21.7. The number of amides is 3. The Morgan fingerprint density at radius 2 is 1.76 bits per heavy atom. The van der Waals surface area contributed by atoms with Crippen molar-refractivity contribution in [1.82, 2.24) is 9.88 Å². The van der Waals surface area contributed by atoms with Gasteiger partial charge in [0.25, 0.3) is 5.91 Å². The van der Waals surface area contributed by atoms with E-state index in [0.29, 0.717) is 29.9 Å². The number of H-pyrrole nitrogens is 1. The van der Waals surface area contributed by atoms with Crippen molar-refractivity contribution in [2.45, 2.75) is 69.1 Å². The topological polar surface area (TPSA) is 133 Å². The Morgan fingerprint density at radius 3 is 2.52 bits per heavy atom. The van der Waals surface area contributed by atoms with E-state index in [9.17, 15) is 19.5 Å². The van der Waals surface area contributed by atoms with E-state index in [4.69, 9.17) is 9.47 Å². The summed E-state index contributed by atoms with van der Waals surface area (Å²) in [5, 5.41) is 18.7. The highest BCUT2D eigenvalue weighted by atomic mass is 28.3. The first-order chi connectivity index (χ1) is 26.0. The summed E-state index contributed by atoms with van der Waals surface area (Å²) in [6, 6.07) is 29.1. The van der Waals surface area contributed by atoms with Crippen LogP contribution in [-0.2, 0) is 44.1 Å². The number of hydrogen-bond donors (Lipinski definition) is 4. The molecule has 11 heteroatoms. The molecule has 0 unspecified atom stereocenters. The number of anilines is 2. The molecule has 10 nitrogen and oxygen atoms in total. The molecule has 1 spiro atoms. The second-order valence-corrected chi connectivity index (χ2v) is 20.2. The number of carbonyl (C=O) groups is 3. The van der Waals surface area contributed by atoms with Crippen LogP contribution in [0.1, 0.15) is 35.6 Å². The quantitative estimate of drug-likeness (QED) is 0.140. The number of aromatic amines is 1. The Morgan fingerprint density at radius 1 is 1.02 bits per heavy atom. The number of nitrogens with one attached hydrogen (secondary N) is 3. The molecule has 5 aromatic rings. The molecule has 4 N–H and O–H groups in total. The summed E-state index contributed by atoms with van der Waals surface area (Å²) in [6.45, 7) is 6.88. The summed E-state index contributed by atoms with van der Waals surface area (Å²) >= 11 is 0. The SMILES string of the molecule is COc1ccc([Si](C)(C)[C@H]2[C@H](CC(=O)N3Cc4ccccc4C[C@H]3CO)O[C@@]3(C(=O)Nc4ccc(NC(=O)Cc5c[nH]c6ccccc56)cc43)[C@@H]2C)cc1. The first kappa shape index (κ1) is 35.8. The zero-order valence-corrected chi connectivity index (χ0v) is 32.0. The molecule has 3 aliphatic heterocycles. The van der Waals surface area contributed by atoms with Crippen molar-refractivity contribution in [3.8, 4) is 5.75 Å². The second kappa shape index (κ2) is 13.9. The number of rotatable bonds is 9. The van der Waals surface area contributed by atoms with Crippen molar-refractivity contribution in [2.75, 3.05) is 24.4 Å². The van der Waals surface area contributed by atoms with Gasteiger partial charge in [-0.1, -0.05) is 79.8 Å². The van der Waals surface area contributed by atoms with E-state index in [1.807, 2.05) is 72.9 Å². The fourth-order valence-electron chi connectivity index (χ4n) is 9.40. The van der Waals surface area contributed by atoms with Crippen LogP contribution < -0.4 is 20.6 Å². The lowest BCUT2D eigenvalue weighted by Gasteiger charge is -2.39. The molecular weight excluding hydrogens is 697 g/mol. The third kappa shape index (κ3) is 6.00. The monoisotopic (exact) mass is 742 g/mol. The Labute approximate surface area is 315 Å². The van der Waals surface area contributed by atoms with E-state index < -0.39 is 19.8 Å². The molecule has 4 heterocycles.